The number of benzene rings is 2. The number of aromatic nitrogens is 2. The van der Waals surface area contributed by atoms with Crippen LogP contribution >= 0.6 is 11.6 Å². The molecule has 32 heavy (non-hydrogen) atoms. The van der Waals surface area contributed by atoms with Crippen LogP contribution in [-0.4, -0.2) is 33.4 Å². The number of carboxylic acids is 1. The zero-order chi connectivity index (χ0) is 22.8. The number of carboxylic acid groups (broad SMARTS) is 1. The van der Waals surface area contributed by atoms with Crippen molar-refractivity contribution in [1.29, 1.82) is 0 Å². The lowest BCUT2D eigenvalue weighted by Gasteiger charge is -2.15. The van der Waals surface area contributed by atoms with Gasteiger partial charge in [0, 0.05) is 22.9 Å². The number of nitrogens with one attached hydrogen (secondary N) is 1. The van der Waals surface area contributed by atoms with Crippen LogP contribution in [0, 0.1) is 12.8 Å². The van der Waals surface area contributed by atoms with Crippen LogP contribution in [0.4, 0.5) is 5.69 Å². The van der Waals surface area contributed by atoms with Gasteiger partial charge in [0.2, 0.25) is 5.82 Å². The highest BCUT2D eigenvalue weighted by molar-refractivity contribution is 6.32. The summed E-state index contributed by atoms with van der Waals surface area (Å²) in [4.78, 5) is 15.7. The molecule has 8 heteroatoms. The predicted octanol–water partition coefficient (Wildman–Crippen LogP) is 5.82. The summed E-state index contributed by atoms with van der Waals surface area (Å²) < 4.78 is 11.1. The molecule has 1 aromatic heterocycles. The Balaban J connectivity index is 1.48. The number of ether oxygens (including phenoxy) is 1. The van der Waals surface area contributed by atoms with Crippen LogP contribution in [0.1, 0.15) is 38.7 Å². The van der Waals surface area contributed by atoms with Crippen molar-refractivity contribution >= 4 is 23.3 Å². The molecule has 2 aromatic carbocycles. The van der Waals surface area contributed by atoms with Gasteiger partial charge in [-0.15, -0.1) is 0 Å². The van der Waals surface area contributed by atoms with Crippen LogP contribution in [0.5, 0.6) is 5.75 Å². The lowest BCUT2D eigenvalue weighted by atomic mass is 10.1. The zero-order valence-electron chi connectivity index (χ0n) is 18.3. The summed E-state index contributed by atoms with van der Waals surface area (Å²) in [5.41, 5.74) is 3.54. The summed E-state index contributed by atoms with van der Waals surface area (Å²) in [6.45, 7) is 5.87. The van der Waals surface area contributed by atoms with Crippen molar-refractivity contribution in [2.45, 2.75) is 52.2 Å². The Kier molecular flexibility index (Phi) is 6.37. The molecule has 2 atom stereocenters. The van der Waals surface area contributed by atoms with E-state index in [9.17, 15) is 9.90 Å². The van der Waals surface area contributed by atoms with E-state index in [1.807, 2.05) is 45.0 Å². The van der Waals surface area contributed by atoms with Gasteiger partial charge in [-0.25, -0.2) is 0 Å². The van der Waals surface area contributed by atoms with E-state index in [0.29, 0.717) is 35.3 Å². The molecule has 0 bridgehead atoms. The minimum Gasteiger partial charge on any atom is -0.489 e. The summed E-state index contributed by atoms with van der Waals surface area (Å²) >= 11 is 6.33. The van der Waals surface area contributed by atoms with E-state index >= 15 is 0 Å². The van der Waals surface area contributed by atoms with Crippen LogP contribution in [0.3, 0.4) is 0 Å². The van der Waals surface area contributed by atoms with Gasteiger partial charge in [0.15, 0.2) is 0 Å². The molecule has 1 saturated carbocycles. The quantitative estimate of drug-likeness (QED) is 0.463. The van der Waals surface area contributed by atoms with Gasteiger partial charge in [0.1, 0.15) is 5.75 Å². The van der Waals surface area contributed by atoms with Gasteiger partial charge >= 0.3 is 5.97 Å². The van der Waals surface area contributed by atoms with Gasteiger partial charge in [-0.1, -0.05) is 16.8 Å². The molecule has 1 heterocycles. The Labute approximate surface area is 191 Å². The second kappa shape index (κ2) is 9.20. The first-order chi connectivity index (χ1) is 15.3. The monoisotopic (exact) mass is 455 g/mol. The first-order valence-electron chi connectivity index (χ1n) is 10.7. The average molecular weight is 456 g/mol. The molecule has 0 spiro atoms. The van der Waals surface area contributed by atoms with Crippen LogP contribution in [0.25, 0.3) is 22.8 Å². The molecule has 0 unspecified atom stereocenters. The second-order valence-corrected chi connectivity index (χ2v) is 8.86. The van der Waals surface area contributed by atoms with E-state index in [1.165, 1.54) is 0 Å². The number of aryl methyl sites for hydroxylation is 1. The largest absolute Gasteiger partial charge is 0.489 e. The molecule has 0 saturated heterocycles. The van der Waals surface area contributed by atoms with Crippen LogP contribution in [0.15, 0.2) is 40.9 Å². The Morgan fingerprint density at radius 2 is 2.06 bits per heavy atom. The molecule has 7 nitrogen and oxygen atoms in total. The number of nitrogens with zero attached hydrogens (tertiary/aromatic N) is 2. The standard InChI is InChI=1S/C24H26ClN3O4/c1-13(2)31-21-9-5-15(12-20(21)25)23-27-22(28-32-23)19-8-7-17(10-14(19)3)26-18-6-4-16(11-18)24(29)30/h5,7-10,12-13,16,18,26H,4,6,11H2,1-3H3,(H,29,30)/t16-,18+/m1/s1. The van der Waals surface area contributed by atoms with Gasteiger partial charge in [-0.3, -0.25) is 4.79 Å². The van der Waals surface area contributed by atoms with Crippen molar-refractivity contribution in [1.82, 2.24) is 10.1 Å². The number of rotatable bonds is 7. The molecule has 3 aromatic rings. The van der Waals surface area contributed by atoms with Gasteiger partial charge in [0.25, 0.3) is 5.89 Å². The molecular weight excluding hydrogens is 430 g/mol. The van der Waals surface area contributed by atoms with E-state index in [-0.39, 0.29) is 18.1 Å². The zero-order valence-corrected chi connectivity index (χ0v) is 19.0. The first-order valence-corrected chi connectivity index (χ1v) is 11.1. The summed E-state index contributed by atoms with van der Waals surface area (Å²) in [6.07, 6.45) is 2.24. The molecule has 0 radical (unpaired) electrons. The highest BCUT2D eigenvalue weighted by atomic mass is 35.5. The smallest absolute Gasteiger partial charge is 0.306 e. The molecule has 1 aliphatic carbocycles. The Morgan fingerprint density at radius 1 is 1.25 bits per heavy atom. The molecular formula is C24H26ClN3O4. The van der Waals surface area contributed by atoms with Crippen molar-refractivity contribution in [3.05, 3.63) is 47.0 Å². The summed E-state index contributed by atoms with van der Waals surface area (Å²) in [7, 11) is 0. The highest BCUT2D eigenvalue weighted by Gasteiger charge is 2.29. The topological polar surface area (TPSA) is 97.5 Å². The maximum Gasteiger partial charge on any atom is 0.306 e. The third-order valence-electron chi connectivity index (χ3n) is 5.59. The normalized spacial score (nSPS) is 18.2. The second-order valence-electron chi connectivity index (χ2n) is 8.45. The van der Waals surface area contributed by atoms with Gasteiger partial charge < -0.3 is 19.7 Å². The Morgan fingerprint density at radius 3 is 2.72 bits per heavy atom. The minimum atomic E-state index is -0.711. The van der Waals surface area contributed by atoms with Crippen molar-refractivity contribution in [3.63, 3.8) is 0 Å². The van der Waals surface area contributed by atoms with Crippen molar-refractivity contribution < 1.29 is 19.2 Å². The number of aliphatic carboxylic acids is 1. The Hall–Kier alpha value is -3.06. The van der Waals surface area contributed by atoms with E-state index in [2.05, 4.69) is 15.5 Å². The van der Waals surface area contributed by atoms with Crippen molar-refractivity contribution in [3.8, 4) is 28.6 Å². The molecule has 4 rings (SSSR count). The SMILES string of the molecule is Cc1cc(N[C@H]2CC[C@@H](C(=O)O)C2)ccc1-c1noc(-c2ccc(OC(C)C)c(Cl)c2)n1. The van der Waals surface area contributed by atoms with E-state index in [4.69, 9.17) is 20.9 Å². The van der Waals surface area contributed by atoms with Crippen LogP contribution in [-0.2, 0) is 4.79 Å². The summed E-state index contributed by atoms with van der Waals surface area (Å²) in [6, 6.07) is 11.5. The fourth-order valence-electron chi connectivity index (χ4n) is 4.01. The fourth-order valence-corrected chi connectivity index (χ4v) is 4.24. The maximum atomic E-state index is 11.2. The van der Waals surface area contributed by atoms with Crippen LogP contribution < -0.4 is 10.1 Å². The lowest BCUT2D eigenvalue weighted by Crippen LogP contribution is -2.17. The molecule has 0 aliphatic heterocycles. The van der Waals surface area contributed by atoms with E-state index in [1.54, 1.807) is 12.1 Å². The number of hydrogen-bond donors (Lipinski definition) is 2. The van der Waals surface area contributed by atoms with Crippen LogP contribution in [0.2, 0.25) is 5.02 Å². The molecule has 1 aliphatic rings. The van der Waals surface area contributed by atoms with E-state index in [0.717, 1.165) is 28.8 Å². The minimum absolute atomic E-state index is 0.0288. The molecule has 2 N–H and O–H groups in total. The summed E-state index contributed by atoms with van der Waals surface area (Å²) in [5, 5.41) is 17.3. The number of carbonyl (C=O) groups is 1. The van der Waals surface area contributed by atoms with Crippen molar-refractivity contribution in [2.24, 2.45) is 5.92 Å². The fraction of sp³-hybridized carbons (Fsp3) is 0.375. The van der Waals surface area contributed by atoms with Gasteiger partial charge in [-0.05, 0) is 82.0 Å². The van der Waals surface area contributed by atoms with E-state index < -0.39 is 5.97 Å². The number of hydrogen-bond acceptors (Lipinski definition) is 6. The lowest BCUT2D eigenvalue weighted by molar-refractivity contribution is -0.141. The maximum absolute atomic E-state index is 11.2. The van der Waals surface area contributed by atoms with Crippen molar-refractivity contribution in [2.75, 3.05) is 5.32 Å². The first kappa shape index (κ1) is 22.1. The van der Waals surface area contributed by atoms with Gasteiger partial charge in [0.05, 0.1) is 17.0 Å². The number of anilines is 1. The Bertz CT molecular complexity index is 1130. The van der Waals surface area contributed by atoms with Gasteiger partial charge in [-0.2, -0.15) is 4.98 Å². The molecule has 168 valence electrons. The molecule has 1 fully saturated rings. The summed E-state index contributed by atoms with van der Waals surface area (Å²) in [5.74, 6) is 0.517. The predicted molar refractivity (Wildman–Crippen MR) is 123 cm³/mol. The number of halogens is 1. The average Bonchev–Trinajstić information content (AvgIpc) is 3.39. The third-order valence-corrected chi connectivity index (χ3v) is 5.88. The molecule has 0 amide bonds. The highest BCUT2D eigenvalue weighted by Crippen LogP contribution is 2.33. The third kappa shape index (κ3) is 4.88.